The van der Waals surface area contributed by atoms with Crippen LogP contribution in [0.4, 0.5) is 10.1 Å². The van der Waals surface area contributed by atoms with Gasteiger partial charge < -0.3 is 20.9 Å². The zero-order chi connectivity index (χ0) is 14.8. The second-order valence-electron chi connectivity index (χ2n) is 4.86. The Labute approximate surface area is 124 Å². The topological polar surface area (TPSA) is 84.6 Å². The van der Waals surface area contributed by atoms with Crippen LogP contribution in [0.2, 0.25) is 0 Å². The maximum absolute atomic E-state index is 13.3. The fourth-order valence-electron chi connectivity index (χ4n) is 2.13. The zero-order valence-corrected chi connectivity index (χ0v) is 12.4. The smallest absolute Gasteiger partial charge is 0.253 e. The van der Waals surface area contributed by atoms with Crippen molar-refractivity contribution in [3.8, 4) is 0 Å². The molecule has 0 saturated carbocycles. The van der Waals surface area contributed by atoms with E-state index in [-0.39, 0.29) is 17.9 Å². The van der Waals surface area contributed by atoms with Gasteiger partial charge in [-0.25, -0.2) is 4.39 Å². The number of benzene rings is 1. The summed E-state index contributed by atoms with van der Waals surface area (Å²) in [6.45, 7) is 0.789. The molecule has 1 amide bonds. The molecule has 0 bridgehead atoms. The van der Waals surface area contributed by atoms with Crippen LogP contribution in [0.5, 0.6) is 0 Å². The van der Waals surface area contributed by atoms with Crippen LogP contribution in [0.15, 0.2) is 16.6 Å². The van der Waals surface area contributed by atoms with E-state index in [1.54, 1.807) is 0 Å². The molecule has 0 unspecified atom stereocenters. The summed E-state index contributed by atoms with van der Waals surface area (Å²) in [5.41, 5.74) is 4.93. The Bertz CT molecular complexity index is 519. The van der Waals surface area contributed by atoms with Gasteiger partial charge in [-0.1, -0.05) is 0 Å². The molecule has 2 rings (SSSR count). The molecule has 4 N–H and O–H groups in total. The second kappa shape index (κ2) is 6.07. The summed E-state index contributed by atoms with van der Waals surface area (Å²) in [4.78, 5) is 12.3. The van der Waals surface area contributed by atoms with Crippen LogP contribution < -0.4 is 11.1 Å². The van der Waals surface area contributed by atoms with Gasteiger partial charge in [-0.3, -0.25) is 4.79 Å². The molecule has 0 atom stereocenters. The van der Waals surface area contributed by atoms with Gasteiger partial charge in [-0.2, -0.15) is 0 Å². The molecule has 1 saturated heterocycles. The number of carbonyl (C=O) groups excluding carboxylic acids is 1. The molecular weight excluding hydrogens is 331 g/mol. The Balaban J connectivity index is 2.21. The van der Waals surface area contributed by atoms with Crippen LogP contribution in [0, 0.1) is 5.82 Å². The number of carbonyl (C=O) groups is 1. The van der Waals surface area contributed by atoms with Crippen molar-refractivity contribution in [2.75, 3.05) is 25.6 Å². The van der Waals surface area contributed by atoms with E-state index in [2.05, 4.69) is 21.2 Å². The Morgan fingerprint density at radius 1 is 1.50 bits per heavy atom. The van der Waals surface area contributed by atoms with Crippen LogP contribution in [-0.2, 0) is 4.74 Å². The van der Waals surface area contributed by atoms with Crippen molar-refractivity contribution in [2.24, 2.45) is 0 Å². The number of aliphatic hydroxyl groups is 1. The summed E-state index contributed by atoms with van der Waals surface area (Å²) >= 11 is 3.14. The number of anilines is 1. The minimum absolute atomic E-state index is 0.0941. The number of nitrogen functional groups attached to an aromatic ring is 1. The molecule has 1 aromatic rings. The van der Waals surface area contributed by atoms with Crippen LogP contribution in [0.25, 0.3) is 0 Å². The van der Waals surface area contributed by atoms with Crippen molar-refractivity contribution in [1.82, 2.24) is 5.32 Å². The van der Waals surface area contributed by atoms with Crippen LogP contribution in [0.3, 0.4) is 0 Å². The number of nitrogens with one attached hydrogen (secondary N) is 1. The highest BCUT2D eigenvalue weighted by atomic mass is 79.9. The van der Waals surface area contributed by atoms with E-state index in [4.69, 9.17) is 10.5 Å². The lowest BCUT2D eigenvalue weighted by Crippen LogP contribution is -2.54. The van der Waals surface area contributed by atoms with Crippen LogP contribution in [-0.4, -0.2) is 36.4 Å². The summed E-state index contributed by atoms with van der Waals surface area (Å²) in [7, 11) is 0. The summed E-state index contributed by atoms with van der Waals surface area (Å²) in [5.74, 6) is -0.990. The molecule has 5 nitrogen and oxygen atoms in total. The van der Waals surface area contributed by atoms with Gasteiger partial charge in [0.2, 0.25) is 0 Å². The van der Waals surface area contributed by atoms with Crippen LogP contribution in [0.1, 0.15) is 23.2 Å². The molecule has 1 fully saturated rings. The van der Waals surface area contributed by atoms with Crippen molar-refractivity contribution < 1.29 is 19.0 Å². The molecule has 1 heterocycles. The molecule has 1 aliphatic rings. The van der Waals surface area contributed by atoms with Crippen molar-refractivity contribution in [2.45, 2.75) is 18.4 Å². The SMILES string of the molecule is Nc1cc(C(=O)NC2(CO)CCOCC2)c(Br)cc1F. The zero-order valence-electron chi connectivity index (χ0n) is 10.8. The van der Waals surface area contributed by atoms with Gasteiger partial charge in [0.1, 0.15) is 5.82 Å². The lowest BCUT2D eigenvalue weighted by atomic mass is 9.90. The van der Waals surface area contributed by atoms with E-state index < -0.39 is 17.3 Å². The summed E-state index contributed by atoms with van der Waals surface area (Å²) in [6, 6.07) is 2.43. The number of rotatable bonds is 3. The monoisotopic (exact) mass is 346 g/mol. The molecule has 7 heteroatoms. The fourth-order valence-corrected chi connectivity index (χ4v) is 2.63. The average molecular weight is 347 g/mol. The first-order valence-corrected chi connectivity index (χ1v) is 7.02. The van der Waals surface area contributed by atoms with Gasteiger partial charge in [-0.05, 0) is 40.9 Å². The summed E-state index contributed by atoms with van der Waals surface area (Å²) in [5, 5.41) is 12.3. The highest BCUT2D eigenvalue weighted by Crippen LogP contribution is 2.25. The van der Waals surface area contributed by atoms with Crippen LogP contribution >= 0.6 is 15.9 Å². The summed E-state index contributed by atoms with van der Waals surface area (Å²) < 4.78 is 18.8. The second-order valence-corrected chi connectivity index (χ2v) is 5.71. The molecule has 0 radical (unpaired) electrons. The molecule has 20 heavy (non-hydrogen) atoms. The molecule has 0 spiro atoms. The van der Waals surface area contributed by atoms with Gasteiger partial charge in [0.25, 0.3) is 5.91 Å². The van der Waals surface area contributed by atoms with Gasteiger partial charge >= 0.3 is 0 Å². The van der Waals surface area contributed by atoms with Gasteiger partial charge in [0.05, 0.1) is 23.4 Å². The third-order valence-electron chi connectivity index (χ3n) is 3.46. The van der Waals surface area contributed by atoms with Crippen molar-refractivity contribution in [3.63, 3.8) is 0 Å². The molecule has 0 aromatic heterocycles. The van der Waals surface area contributed by atoms with Crippen molar-refractivity contribution >= 4 is 27.5 Å². The van der Waals surface area contributed by atoms with Gasteiger partial charge in [0, 0.05) is 17.7 Å². The van der Waals surface area contributed by atoms with Gasteiger partial charge in [-0.15, -0.1) is 0 Å². The first-order chi connectivity index (χ1) is 9.47. The average Bonchev–Trinajstić information content (AvgIpc) is 2.43. The van der Waals surface area contributed by atoms with Gasteiger partial charge in [0.15, 0.2) is 0 Å². The standard InChI is InChI=1S/C13H16BrFN2O3/c14-9-6-10(15)11(16)5-8(9)12(19)17-13(7-18)1-3-20-4-2-13/h5-6,18H,1-4,7,16H2,(H,17,19). The highest BCUT2D eigenvalue weighted by Gasteiger charge is 2.34. The van der Waals surface area contributed by atoms with Crippen molar-refractivity contribution in [3.05, 3.63) is 28.0 Å². The fraction of sp³-hybridized carbons (Fsp3) is 0.462. The Morgan fingerprint density at radius 3 is 2.75 bits per heavy atom. The van der Waals surface area contributed by atoms with E-state index in [9.17, 15) is 14.3 Å². The van der Waals surface area contributed by atoms with E-state index >= 15 is 0 Å². The Hall–Kier alpha value is -1.18. The number of hydrogen-bond acceptors (Lipinski definition) is 4. The maximum Gasteiger partial charge on any atom is 0.253 e. The quantitative estimate of drug-likeness (QED) is 0.723. The lowest BCUT2D eigenvalue weighted by molar-refractivity contribution is 0.0125. The molecular formula is C13H16BrFN2O3. The molecule has 0 aliphatic carbocycles. The Kier molecular flexibility index (Phi) is 4.62. The number of ether oxygens (including phenoxy) is 1. The number of amides is 1. The number of halogens is 2. The van der Waals surface area contributed by atoms with Crippen molar-refractivity contribution in [1.29, 1.82) is 0 Å². The molecule has 1 aromatic carbocycles. The van der Waals surface area contributed by atoms with E-state index in [0.717, 1.165) is 6.07 Å². The lowest BCUT2D eigenvalue weighted by Gasteiger charge is -2.36. The number of aliphatic hydroxyl groups excluding tert-OH is 1. The minimum atomic E-state index is -0.697. The van der Waals surface area contributed by atoms with E-state index in [0.29, 0.717) is 30.5 Å². The predicted octanol–water partition coefficient (Wildman–Crippen LogP) is 1.44. The minimum Gasteiger partial charge on any atom is -0.396 e. The Morgan fingerprint density at radius 2 is 2.15 bits per heavy atom. The first-order valence-electron chi connectivity index (χ1n) is 6.23. The highest BCUT2D eigenvalue weighted by molar-refractivity contribution is 9.10. The maximum atomic E-state index is 13.3. The summed E-state index contributed by atoms with van der Waals surface area (Å²) in [6.07, 6.45) is 1.06. The van der Waals surface area contributed by atoms with E-state index in [1.807, 2.05) is 0 Å². The third-order valence-corrected chi connectivity index (χ3v) is 4.12. The first kappa shape index (κ1) is 15.2. The largest absolute Gasteiger partial charge is 0.396 e. The number of nitrogens with two attached hydrogens (primary N) is 1. The molecule has 110 valence electrons. The number of hydrogen-bond donors (Lipinski definition) is 3. The molecule has 1 aliphatic heterocycles. The predicted molar refractivity (Wildman–Crippen MR) is 75.8 cm³/mol. The third kappa shape index (κ3) is 3.11. The van der Waals surface area contributed by atoms with E-state index in [1.165, 1.54) is 6.07 Å². The normalized spacial score (nSPS) is 17.8.